The van der Waals surface area contributed by atoms with Crippen LogP contribution in [0.4, 0.5) is 0 Å². The molecular formula is C15H26N4OS. The number of piperidine rings is 1. The minimum Gasteiger partial charge on any atom is -0.338 e. The summed E-state index contributed by atoms with van der Waals surface area (Å²) in [5.74, 6) is 0.700. The van der Waals surface area contributed by atoms with Crippen molar-refractivity contribution in [3.05, 3.63) is 10.6 Å². The van der Waals surface area contributed by atoms with Crippen LogP contribution in [0.3, 0.4) is 0 Å². The fraction of sp³-hybridized carbons (Fsp3) is 0.800. The normalized spacial score (nSPS) is 18.7. The summed E-state index contributed by atoms with van der Waals surface area (Å²) >= 11 is 1.25. The van der Waals surface area contributed by atoms with Crippen molar-refractivity contribution in [3.63, 3.8) is 0 Å². The van der Waals surface area contributed by atoms with Gasteiger partial charge in [0, 0.05) is 13.1 Å². The summed E-state index contributed by atoms with van der Waals surface area (Å²) in [6.45, 7) is 8.03. The zero-order valence-electron chi connectivity index (χ0n) is 13.1. The summed E-state index contributed by atoms with van der Waals surface area (Å²) in [7, 11) is 0. The van der Waals surface area contributed by atoms with Gasteiger partial charge in [0.2, 0.25) is 0 Å². The molecule has 2 rings (SSSR count). The molecule has 21 heavy (non-hydrogen) atoms. The van der Waals surface area contributed by atoms with Crippen LogP contribution >= 0.6 is 11.5 Å². The lowest BCUT2D eigenvalue weighted by molar-refractivity contribution is 0.0722. The fourth-order valence-corrected chi connectivity index (χ4v) is 3.53. The molecule has 0 aliphatic carbocycles. The van der Waals surface area contributed by atoms with E-state index in [1.54, 1.807) is 0 Å². The first-order valence-electron chi connectivity index (χ1n) is 8.07. The number of carbonyl (C=O) groups excluding carboxylic acids is 1. The Kier molecular flexibility index (Phi) is 6.57. The van der Waals surface area contributed by atoms with Crippen LogP contribution in [0.1, 0.15) is 54.9 Å². The second kappa shape index (κ2) is 8.44. The molecule has 1 atom stereocenters. The van der Waals surface area contributed by atoms with Gasteiger partial charge in [0.15, 0.2) is 0 Å². The Morgan fingerprint density at radius 1 is 1.43 bits per heavy atom. The summed E-state index contributed by atoms with van der Waals surface area (Å²) < 4.78 is 3.98. The Bertz CT molecular complexity index is 443. The van der Waals surface area contributed by atoms with E-state index in [0.717, 1.165) is 56.0 Å². The van der Waals surface area contributed by atoms with Gasteiger partial charge in [-0.2, -0.15) is 0 Å². The molecule has 1 aromatic rings. The molecule has 5 nitrogen and oxygen atoms in total. The summed E-state index contributed by atoms with van der Waals surface area (Å²) in [4.78, 5) is 15.6. The quantitative estimate of drug-likeness (QED) is 0.840. The van der Waals surface area contributed by atoms with Crippen molar-refractivity contribution < 1.29 is 4.79 Å². The van der Waals surface area contributed by atoms with E-state index >= 15 is 0 Å². The molecule has 1 saturated heterocycles. The van der Waals surface area contributed by atoms with Crippen molar-refractivity contribution in [3.8, 4) is 0 Å². The van der Waals surface area contributed by atoms with Gasteiger partial charge in [-0.1, -0.05) is 24.8 Å². The molecule has 1 aliphatic rings. The number of carbonyl (C=O) groups is 1. The van der Waals surface area contributed by atoms with Gasteiger partial charge in [0.25, 0.3) is 5.91 Å². The van der Waals surface area contributed by atoms with Crippen LogP contribution in [-0.2, 0) is 6.42 Å². The molecular weight excluding hydrogens is 284 g/mol. The average Bonchev–Trinajstić information content (AvgIpc) is 2.96. The maximum Gasteiger partial charge on any atom is 0.267 e. The monoisotopic (exact) mass is 310 g/mol. The van der Waals surface area contributed by atoms with Crippen molar-refractivity contribution in [1.29, 1.82) is 0 Å². The highest BCUT2D eigenvalue weighted by Gasteiger charge is 2.24. The van der Waals surface area contributed by atoms with Gasteiger partial charge in [-0.3, -0.25) is 4.79 Å². The third kappa shape index (κ3) is 4.48. The molecule has 0 spiro atoms. The Hall–Kier alpha value is -1.01. The van der Waals surface area contributed by atoms with Crippen LogP contribution in [0.15, 0.2) is 0 Å². The van der Waals surface area contributed by atoms with Crippen molar-refractivity contribution in [2.24, 2.45) is 5.92 Å². The molecule has 1 unspecified atom stereocenters. The number of amides is 1. The summed E-state index contributed by atoms with van der Waals surface area (Å²) in [6, 6.07) is 0. The van der Waals surface area contributed by atoms with Gasteiger partial charge < -0.3 is 10.2 Å². The first-order valence-corrected chi connectivity index (χ1v) is 8.84. The lowest BCUT2D eigenvalue weighted by atomic mass is 9.99. The molecule has 0 bridgehead atoms. The molecule has 0 saturated carbocycles. The number of hydrogen-bond acceptors (Lipinski definition) is 5. The van der Waals surface area contributed by atoms with E-state index in [1.165, 1.54) is 24.4 Å². The maximum atomic E-state index is 12.8. The van der Waals surface area contributed by atoms with Crippen molar-refractivity contribution in [2.75, 3.05) is 26.2 Å². The number of nitrogens with zero attached hydrogens (tertiary/aromatic N) is 3. The molecule has 1 aliphatic heterocycles. The largest absolute Gasteiger partial charge is 0.338 e. The molecule has 2 heterocycles. The Labute approximate surface area is 131 Å². The number of aromatic nitrogens is 2. The minimum atomic E-state index is 0.126. The van der Waals surface area contributed by atoms with Crippen molar-refractivity contribution in [1.82, 2.24) is 19.8 Å². The standard InChI is InChI=1S/C15H26N4OS/c1-3-6-13-14(21-18-17-13)15(20)19(9-4-2)11-12-7-5-8-16-10-12/h12,16H,3-11H2,1-2H3. The van der Waals surface area contributed by atoms with Crippen molar-refractivity contribution in [2.45, 2.75) is 46.0 Å². The van der Waals surface area contributed by atoms with Crippen LogP contribution in [0, 0.1) is 5.92 Å². The van der Waals surface area contributed by atoms with E-state index in [9.17, 15) is 4.79 Å². The first kappa shape index (κ1) is 16.4. The minimum absolute atomic E-state index is 0.126. The zero-order valence-corrected chi connectivity index (χ0v) is 13.9. The number of rotatable bonds is 7. The second-order valence-electron chi connectivity index (χ2n) is 5.76. The predicted octanol–water partition coefficient (Wildman–Crippen LogP) is 2.34. The number of hydrogen-bond donors (Lipinski definition) is 1. The summed E-state index contributed by atoms with van der Waals surface area (Å²) in [5, 5.41) is 7.55. The molecule has 1 N–H and O–H groups in total. The molecule has 6 heteroatoms. The van der Waals surface area contributed by atoms with Crippen LogP contribution in [0.25, 0.3) is 0 Å². The smallest absolute Gasteiger partial charge is 0.267 e. The van der Waals surface area contributed by atoms with E-state index in [1.807, 2.05) is 4.90 Å². The molecule has 0 radical (unpaired) electrons. The zero-order chi connectivity index (χ0) is 15.1. The van der Waals surface area contributed by atoms with Gasteiger partial charge in [0.05, 0.1) is 5.69 Å². The lowest BCUT2D eigenvalue weighted by Gasteiger charge is -2.29. The SMILES string of the molecule is CCCc1nnsc1C(=O)N(CCC)CC1CCCNC1. The average molecular weight is 310 g/mol. The lowest BCUT2D eigenvalue weighted by Crippen LogP contribution is -2.41. The van der Waals surface area contributed by atoms with Gasteiger partial charge >= 0.3 is 0 Å². The van der Waals surface area contributed by atoms with E-state index < -0.39 is 0 Å². The fourth-order valence-electron chi connectivity index (χ4n) is 2.85. The topological polar surface area (TPSA) is 58.1 Å². The van der Waals surface area contributed by atoms with E-state index in [0.29, 0.717) is 5.92 Å². The van der Waals surface area contributed by atoms with Crippen LogP contribution in [0.2, 0.25) is 0 Å². The van der Waals surface area contributed by atoms with Gasteiger partial charge in [0.1, 0.15) is 4.88 Å². The van der Waals surface area contributed by atoms with Crippen LogP contribution < -0.4 is 5.32 Å². The highest BCUT2D eigenvalue weighted by atomic mass is 32.1. The van der Waals surface area contributed by atoms with Gasteiger partial charge in [-0.05, 0) is 56.2 Å². The highest BCUT2D eigenvalue weighted by molar-refractivity contribution is 7.08. The number of nitrogens with one attached hydrogen (secondary N) is 1. The van der Waals surface area contributed by atoms with Crippen molar-refractivity contribution >= 4 is 17.4 Å². The third-order valence-electron chi connectivity index (χ3n) is 3.90. The van der Waals surface area contributed by atoms with Gasteiger partial charge in [-0.25, -0.2) is 0 Å². The molecule has 118 valence electrons. The second-order valence-corrected chi connectivity index (χ2v) is 6.52. The van der Waals surface area contributed by atoms with Crippen LogP contribution in [-0.4, -0.2) is 46.6 Å². The summed E-state index contributed by atoms with van der Waals surface area (Å²) in [6.07, 6.45) is 5.24. The first-order chi connectivity index (χ1) is 10.3. The Morgan fingerprint density at radius 2 is 2.29 bits per heavy atom. The molecule has 0 aromatic carbocycles. The van der Waals surface area contributed by atoms with E-state index in [4.69, 9.17) is 0 Å². The van der Waals surface area contributed by atoms with E-state index in [-0.39, 0.29) is 5.91 Å². The maximum absolute atomic E-state index is 12.8. The number of aryl methyl sites for hydroxylation is 1. The highest BCUT2D eigenvalue weighted by Crippen LogP contribution is 2.18. The van der Waals surface area contributed by atoms with E-state index in [2.05, 4.69) is 28.8 Å². The Morgan fingerprint density at radius 3 is 2.95 bits per heavy atom. The van der Waals surface area contributed by atoms with Gasteiger partial charge in [-0.15, -0.1) is 5.10 Å². The Balaban J connectivity index is 2.05. The predicted molar refractivity (Wildman–Crippen MR) is 85.7 cm³/mol. The molecule has 1 amide bonds. The summed E-state index contributed by atoms with van der Waals surface area (Å²) in [5.41, 5.74) is 0.871. The molecule has 1 aromatic heterocycles. The van der Waals surface area contributed by atoms with Crippen LogP contribution in [0.5, 0.6) is 0 Å². The molecule has 1 fully saturated rings. The third-order valence-corrected chi connectivity index (χ3v) is 4.65.